The molecule has 1 aliphatic rings. The molecule has 5 atom stereocenters. The molecule has 0 saturated heterocycles. The number of nitrogens with two attached hydrogens (primary N) is 1. The van der Waals surface area contributed by atoms with Gasteiger partial charge in [0, 0.05) is 18.5 Å². The van der Waals surface area contributed by atoms with Gasteiger partial charge in [-0.3, -0.25) is 9.59 Å². The van der Waals surface area contributed by atoms with Crippen LogP contribution in [0.5, 0.6) is 0 Å². The van der Waals surface area contributed by atoms with Crippen LogP contribution in [0.2, 0.25) is 0 Å². The second kappa shape index (κ2) is 6.89. The van der Waals surface area contributed by atoms with Crippen molar-refractivity contribution in [3.63, 3.8) is 0 Å². The first kappa shape index (κ1) is 16.0. The van der Waals surface area contributed by atoms with E-state index in [9.17, 15) is 9.59 Å². The van der Waals surface area contributed by atoms with Crippen LogP contribution < -0.4 is 16.4 Å². The number of hydrogen-bond donors (Lipinski definition) is 3. The van der Waals surface area contributed by atoms with Crippen LogP contribution in [0, 0.1) is 17.8 Å². The number of hydrogen-bond acceptors (Lipinski definition) is 3. The summed E-state index contributed by atoms with van der Waals surface area (Å²) in [6, 6.07) is -0.415. The first-order chi connectivity index (χ1) is 8.86. The van der Waals surface area contributed by atoms with Crippen molar-refractivity contribution in [2.75, 3.05) is 6.54 Å². The van der Waals surface area contributed by atoms with Gasteiger partial charge in [0.1, 0.15) is 6.04 Å². The molecule has 0 aromatic heterocycles. The lowest BCUT2D eigenvalue weighted by molar-refractivity contribution is -0.132. The summed E-state index contributed by atoms with van der Waals surface area (Å²) in [5.74, 6) is 0.504. The highest BCUT2D eigenvalue weighted by molar-refractivity contribution is 5.88. The van der Waals surface area contributed by atoms with E-state index in [4.69, 9.17) is 5.73 Å². The third-order valence-electron chi connectivity index (χ3n) is 4.13. The number of amides is 2. The lowest BCUT2D eigenvalue weighted by Crippen LogP contribution is -2.50. The van der Waals surface area contributed by atoms with Gasteiger partial charge in [0.05, 0.1) is 0 Å². The molecule has 0 heterocycles. The summed E-state index contributed by atoms with van der Waals surface area (Å²) in [6.45, 7) is 8.35. The van der Waals surface area contributed by atoms with Crippen LogP contribution in [0.3, 0.4) is 0 Å². The lowest BCUT2D eigenvalue weighted by atomic mass is 9.72. The summed E-state index contributed by atoms with van der Waals surface area (Å²) in [7, 11) is 0. The van der Waals surface area contributed by atoms with Crippen molar-refractivity contribution in [1.82, 2.24) is 10.6 Å². The van der Waals surface area contributed by atoms with Crippen molar-refractivity contribution < 1.29 is 9.59 Å². The van der Waals surface area contributed by atoms with E-state index in [0.717, 1.165) is 6.42 Å². The topological polar surface area (TPSA) is 84.2 Å². The first-order valence-corrected chi connectivity index (χ1v) is 7.20. The maximum Gasteiger partial charge on any atom is 0.242 e. The Morgan fingerprint density at radius 1 is 1.26 bits per heavy atom. The Morgan fingerprint density at radius 3 is 2.47 bits per heavy atom. The van der Waals surface area contributed by atoms with E-state index in [1.807, 2.05) is 6.92 Å². The van der Waals surface area contributed by atoms with Gasteiger partial charge in [-0.15, -0.1) is 0 Å². The number of rotatable bonds is 4. The van der Waals surface area contributed by atoms with Crippen LogP contribution in [0.1, 0.15) is 40.5 Å². The third-order valence-corrected chi connectivity index (χ3v) is 4.13. The molecule has 0 bridgehead atoms. The monoisotopic (exact) mass is 269 g/mol. The molecule has 1 fully saturated rings. The molecule has 5 unspecified atom stereocenters. The molecule has 1 saturated carbocycles. The molecular formula is C14H27N3O2. The summed E-state index contributed by atoms with van der Waals surface area (Å²) in [6.07, 6.45) is 1.67. The highest BCUT2D eigenvalue weighted by Gasteiger charge is 2.35. The highest BCUT2D eigenvalue weighted by atomic mass is 16.2. The number of carbonyl (C=O) groups is 2. The van der Waals surface area contributed by atoms with E-state index in [-0.39, 0.29) is 23.8 Å². The Kier molecular flexibility index (Phi) is 5.79. The molecule has 0 spiro atoms. The summed E-state index contributed by atoms with van der Waals surface area (Å²) in [5, 5.41) is 5.50. The van der Waals surface area contributed by atoms with E-state index in [0.29, 0.717) is 24.8 Å². The van der Waals surface area contributed by atoms with Gasteiger partial charge in [0.25, 0.3) is 0 Å². The van der Waals surface area contributed by atoms with Crippen molar-refractivity contribution in [1.29, 1.82) is 0 Å². The zero-order valence-electron chi connectivity index (χ0n) is 12.4. The summed E-state index contributed by atoms with van der Waals surface area (Å²) in [5.41, 5.74) is 6.05. The summed E-state index contributed by atoms with van der Waals surface area (Å²) >= 11 is 0. The molecular weight excluding hydrogens is 242 g/mol. The van der Waals surface area contributed by atoms with E-state index in [1.165, 1.54) is 0 Å². The molecule has 5 nitrogen and oxygen atoms in total. The fourth-order valence-corrected chi connectivity index (χ4v) is 2.76. The largest absolute Gasteiger partial charge is 0.355 e. The van der Waals surface area contributed by atoms with Crippen LogP contribution in [0.25, 0.3) is 0 Å². The van der Waals surface area contributed by atoms with Crippen molar-refractivity contribution >= 4 is 11.8 Å². The molecule has 4 N–H and O–H groups in total. The van der Waals surface area contributed by atoms with Crippen molar-refractivity contribution in [2.45, 2.75) is 52.6 Å². The normalized spacial score (nSPS) is 32.5. The van der Waals surface area contributed by atoms with Gasteiger partial charge in [-0.2, -0.15) is 0 Å². The fourth-order valence-electron chi connectivity index (χ4n) is 2.76. The van der Waals surface area contributed by atoms with Crippen LogP contribution in [0.15, 0.2) is 0 Å². The molecule has 0 aromatic rings. The Balaban J connectivity index is 2.55. The van der Waals surface area contributed by atoms with E-state index in [1.54, 1.807) is 6.92 Å². The Bertz CT molecular complexity index is 333. The van der Waals surface area contributed by atoms with Gasteiger partial charge >= 0.3 is 0 Å². The van der Waals surface area contributed by atoms with Gasteiger partial charge in [-0.25, -0.2) is 0 Å². The van der Waals surface area contributed by atoms with E-state index in [2.05, 4.69) is 24.5 Å². The minimum absolute atomic E-state index is 0.0476. The molecule has 19 heavy (non-hydrogen) atoms. The van der Waals surface area contributed by atoms with Gasteiger partial charge in [0.2, 0.25) is 11.8 Å². The molecule has 1 rings (SSSR count). The van der Waals surface area contributed by atoms with Gasteiger partial charge in [-0.05, 0) is 38.5 Å². The molecule has 1 aliphatic carbocycles. The van der Waals surface area contributed by atoms with Crippen LogP contribution in [-0.2, 0) is 9.59 Å². The van der Waals surface area contributed by atoms with E-state index >= 15 is 0 Å². The standard InChI is InChI=1S/C14H27N3O2/c1-5-16-13(18)10(4)17-14(19)11-7-12(15)9(3)6-8(11)2/h8-12H,5-7,15H2,1-4H3,(H,16,18)(H,17,19). The quantitative estimate of drug-likeness (QED) is 0.700. The van der Waals surface area contributed by atoms with Gasteiger partial charge in [-0.1, -0.05) is 13.8 Å². The first-order valence-electron chi connectivity index (χ1n) is 7.20. The zero-order valence-corrected chi connectivity index (χ0v) is 12.4. The van der Waals surface area contributed by atoms with Gasteiger partial charge < -0.3 is 16.4 Å². The molecule has 5 heteroatoms. The number of likely N-dealkylation sites (N-methyl/N-ethyl adjacent to an activating group) is 1. The molecule has 0 radical (unpaired) electrons. The number of nitrogens with one attached hydrogen (secondary N) is 2. The lowest BCUT2D eigenvalue weighted by Gasteiger charge is -2.36. The average molecular weight is 269 g/mol. The summed E-state index contributed by atoms with van der Waals surface area (Å²) < 4.78 is 0. The molecule has 0 aliphatic heterocycles. The van der Waals surface area contributed by atoms with Crippen LogP contribution in [-0.4, -0.2) is 30.4 Å². The Labute approximate surface area is 115 Å². The summed E-state index contributed by atoms with van der Waals surface area (Å²) in [4.78, 5) is 23.8. The second-order valence-electron chi connectivity index (χ2n) is 5.82. The maximum atomic E-state index is 12.2. The molecule has 110 valence electrons. The minimum Gasteiger partial charge on any atom is -0.355 e. The zero-order chi connectivity index (χ0) is 14.6. The second-order valence-corrected chi connectivity index (χ2v) is 5.82. The van der Waals surface area contributed by atoms with Crippen LogP contribution >= 0.6 is 0 Å². The molecule has 2 amide bonds. The number of carbonyl (C=O) groups excluding carboxylic acids is 2. The highest BCUT2D eigenvalue weighted by Crippen LogP contribution is 2.32. The average Bonchev–Trinajstić information content (AvgIpc) is 2.33. The van der Waals surface area contributed by atoms with Crippen molar-refractivity contribution in [3.8, 4) is 0 Å². The van der Waals surface area contributed by atoms with Crippen LogP contribution in [0.4, 0.5) is 0 Å². The third kappa shape index (κ3) is 4.20. The predicted octanol–water partition coefficient (Wildman–Crippen LogP) is 0.637. The van der Waals surface area contributed by atoms with Crippen molar-refractivity contribution in [2.24, 2.45) is 23.5 Å². The molecule has 0 aromatic carbocycles. The van der Waals surface area contributed by atoms with Crippen molar-refractivity contribution in [3.05, 3.63) is 0 Å². The Hall–Kier alpha value is -1.10. The predicted molar refractivity (Wildman–Crippen MR) is 75.3 cm³/mol. The van der Waals surface area contributed by atoms with Gasteiger partial charge in [0.15, 0.2) is 0 Å². The SMILES string of the molecule is CCNC(=O)C(C)NC(=O)C1CC(N)C(C)CC1C. The minimum atomic E-state index is -0.491. The van der Waals surface area contributed by atoms with E-state index < -0.39 is 6.04 Å². The fraction of sp³-hybridized carbons (Fsp3) is 0.857. The Morgan fingerprint density at radius 2 is 1.89 bits per heavy atom. The smallest absolute Gasteiger partial charge is 0.242 e. The maximum absolute atomic E-state index is 12.2.